The first-order chi connectivity index (χ1) is 17.0. The van der Waals surface area contributed by atoms with Gasteiger partial charge in [-0.25, -0.2) is 8.78 Å². The molecule has 0 radical (unpaired) electrons. The summed E-state index contributed by atoms with van der Waals surface area (Å²) < 4.78 is 34.4. The van der Waals surface area contributed by atoms with Gasteiger partial charge in [-0.2, -0.15) is 0 Å². The normalized spacial score (nSPS) is 14.3. The molecule has 0 aromatic heterocycles. The lowest BCUT2D eigenvalue weighted by atomic mass is 9.99. The number of rotatable bonds is 12. The van der Waals surface area contributed by atoms with Crippen molar-refractivity contribution in [3.63, 3.8) is 0 Å². The molecule has 1 saturated heterocycles. The van der Waals surface area contributed by atoms with E-state index in [0.29, 0.717) is 17.7 Å². The first kappa shape index (κ1) is 30.5. The largest absolute Gasteiger partial charge is 0.489 e. The maximum atomic E-state index is 14.8. The van der Waals surface area contributed by atoms with Crippen LogP contribution in [-0.4, -0.2) is 52.4 Å². The highest BCUT2D eigenvalue weighted by atomic mass is 35.5. The Morgan fingerprint density at radius 2 is 1.78 bits per heavy atom. The number of carbonyl (C=O) groups is 3. The van der Waals surface area contributed by atoms with Gasteiger partial charge < -0.3 is 9.84 Å². The van der Waals surface area contributed by atoms with Gasteiger partial charge in [0.2, 0.25) is 11.8 Å². The van der Waals surface area contributed by atoms with Crippen molar-refractivity contribution in [2.45, 2.75) is 45.7 Å². The molecule has 2 amide bonds. The van der Waals surface area contributed by atoms with Crippen LogP contribution in [0.3, 0.4) is 0 Å². The van der Waals surface area contributed by atoms with Crippen molar-refractivity contribution in [3.8, 4) is 5.75 Å². The second-order valence-corrected chi connectivity index (χ2v) is 9.57. The number of hydrogen-bond donors (Lipinski definition) is 1. The third-order valence-corrected chi connectivity index (χ3v) is 6.15. The van der Waals surface area contributed by atoms with Crippen LogP contribution >= 0.6 is 24.0 Å². The first-order valence-corrected chi connectivity index (χ1v) is 12.1. The summed E-state index contributed by atoms with van der Waals surface area (Å²) in [6.45, 7) is 4.67. The van der Waals surface area contributed by atoms with Crippen LogP contribution < -0.4 is 4.74 Å². The molecule has 0 saturated carbocycles. The number of ether oxygens (including phenoxy) is 1. The Labute approximate surface area is 225 Å². The van der Waals surface area contributed by atoms with Crippen LogP contribution in [0.5, 0.6) is 5.75 Å². The first-order valence-electron chi connectivity index (χ1n) is 11.7. The molecule has 37 heavy (non-hydrogen) atoms. The summed E-state index contributed by atoms with van der Waals surface area (Å²) in [6.07, 6.45) is 0.0893. The maximum absolute atomic E-state index is 14.8. The maximum Gasteiger partial charge on any atom is 0.305 e. The fourth-order valence-corrected chi connectivity index (χ4v) is 4.34. The van der Waals surface area contributed by atoms with E-state index in [4.69, 9.17) is 16.3 Å². The van der Waals surface area contributed by atoms with E-state index in [-0.39, 0.29) is 79.9 Å². The summed E-state index contributed by atoms with van der Waals surface area (Å²) in [7, 11) is 0. The van der Waals surface area contributed by atoms with Crippen LogP contribution in [0.4, 0.5) is 8.78 Å². The standard InChI is InChI=1S/C26H29ClF2N2O5.ClH/c1-16(2)14-30(22(13-26(34)35)18-4-5-19(27)20(28)12-18)15-17-3-6-23(21(29)11-17)36-10-9-31-24(32)7-8-25(31)33;/h3-6,11-12,16,22H,7-10,13-15H2,1-2H3,(H,34,35);1H/t22-;/m1./s1. The SMILES string of the molecule is CC(C)CN(Cc1ccc(OCCN2C(=O)CCC2=O)c(F)c1)[C@H](CC(=O)O)c1ccc(Cl)c(F)c1.Cl. The molecule has 1 N–H and O–H groups in total. The lowest BCUT2D eigenvalue weighted by molar-refractivity contribution is -0.140. The van der Waals surface area contributed by atoms with Crippen molar-refractivity contribution in [3.05, 3.63) is 64.2 Å². The van der Waals surface area contributed by atoms with Gasteiger partial charge in [0.05, 0.1) is 18.0 Å². The lowest BCUT2D eigenvalue weighted by Gasteiger charge is -2.33. The number of halogens is 4. The summed E-state index contributed by atoms with van der Waals surface area (Å²) in [5, 5.41) is 9.47. The van der Waals surface area contributed by atoms with Gasteiger partial charge in [0, 0.05) is 32.0 Å². The summed E-state index contributed by atoms with van der Waals surface area (Å²) in [5.74, 6) is -2.70. The highest BCUT2D eigenvalue weighted by Crippen LogP contribution is 2.30. The molecule has 202 valence electrons. The van der Waals surface area contributed by atoms with Gasteiger partial charge in [-0.05, 0) is 41.3 Å². The molecule has 0 bridgehead atoms. The summed E-state index contributed by atoms with van der Waals surface area (Å²) in [4.78, 5) is 38.0. The highest BCUT2D eigenvalue weighted by Gasteiger charge is 2.29. The molecule has 1 fully saturated rings. The van der Waals surface area contributed by atoms with Crippen LogP contribution in [0.15, 0.2) is 36.4 Å². The quantitative estimate of drug-likeness (QED) is 0.358. The van der Waals surface area contributed by atoms with Crippen LogP contribution in [0.1, 0.15) is 50.3 Å². The molecular weight excluding hydrogens is 529 g/mol. The molecule has 0 aliphatic carbocycles. The smallest absolute Gasteiger partial charge is 0.305 e. The number of carboxylic acids is 1. The van der Waals surface area contributed by atoms with Crippen molar-refractivity contribution >= 4 is 41.8 Å². The molecule has 2 aromatic rings. The molecule has 1 atom stereocenters. The topological polar surface area (TPSA) is 87.2 Å². The molecule has 0 spiro atoms. The Kier molecular flexibility index (Phi) is 11.3. The van der Waals surface area contributed by atoms with Crippen molar-refractivity contribution in [1.29, 1.82) is 0 Å². The zero-order chi connectivity index (χ0) is 26.4. The number of aliphatic carboxylic acids is 1. The fraction of sp³-hybridized carbons (Fsp3) is 0.423. The molecular formula is C26H30Cl2F2N2O5. The lowest BCUT2D eigenvalue weighted by Crippen LogP contribution is -2.33. The summed E-state index contributed by atoms with van der Waals surface area (Å²) >= 11 is 5.81. The number of nitrogens with zero attached hydrogens (tertiary/aromatic N) is 2. The molecule has 0 unspecified atom stereocenters. The third-order valence-electron chi connectivity index (χ3n) is 5.85. The third kappa shape index (κ3) is 8.38. The zero-order valence-electron chi connectivity index (χ0n) is 20.6. The number of carboxylic acid groups (broad SMARTS) is 1. The Balaban J connectivity index is 0.00000481. The van der Waals surface area contributed by atoms with Crippen molar-refractivity contribution < 1.29 is 33.0 Å². The summed E-state index contributed by atoms with van der Waals surface area (Å²) in [5.41, 5.74) is 1.04. The second kappa shape index (κ2) is 13.7. The van der Waals surface area contributed by atoms with E-state index in [9.17, 15) is 28.3 Å². The van der Waals surface area contributed by atoms with E-state index < -0.39 is 23.6 Å². The van der Waals surface area contributed by atoms with Crippen molar-refractivity contribution in [2.75, 3.05) is 19.7 Å². The van der Waals surface area contributed by atoms with Crippen LogP contribution in [0.2, 0.25) is 5.02 Å². The van der Waals surface area contributed by atoms with E-state index in [1.807, 2.05) is 18.7 Å². The van der Waals surface area contributed by atoms with Gasteiger partial charge in [-0.3, -0.25) is 24.2 Å². The number of carbonyl (C=O) groups excluding carboxylic acids is 2. The molecule has 2 aromatic carbocycles. The number of imide groups is 1. The van der Waals surface area contributed by atoms with Crippen molar-refractivity contribution in [1.82, 2.24) is 9.80 Å². The predicted octanol–water partition coefficient (Wildman–Crippen LogP) is 5.24. The highest BCUT2D eigenvalue weighted by molar-refractivity contribution is 6.30. The Morgan fingerprint density at radius 1 is 1.11 bits per heavy atom. The van der Waals surface area contributed by atoms with Gasteiger partial charge in [0.15, 0.2) is 11.6 Å². The van der Waals surface area contributed by atoms with Gasteiger partial charge in [0.25, 0.3) is 0 Å². The number of benzene rings is 2. The molecule has 1 aliphatic rings. The molecule has 1 aliphatic heterocycles. The van der Waals surface area contributed by atoms with E-state index in [0.717, 1.165) is 4.90 Å². The summed E-state index contributed by atoms with van der Waals surface area (Å²) in [6, 6.07) is 7.99. The minimum atomic E-state index is -1.05. The second-order valence-electron chi connectivity index (χ2n) is 9.16. The van der Waals surface area contributed by atoms with Crippen LogP contribution in [0.25, 0.3) is 0 Å². The molecule has 1 heterocycles. The number of amides is 2. The van der Waals surface area contributed by atoms with Crippen LogP contribution in [-0.2, 0) is 20.9 Å². The van der Waals surface area contributed by atoms with E-state index in [1.165, 1.54) is 24.3 Å². The fourth-order valence-electron chi connectivity index (χ4n) is 4.23. The Hall–Kier alpha value is -2.75. The number of hydrogen-bond acceptors (Lipinski definition) is 5. The predicted molar refractivity (Wildman–Crippen MR) is 137 cm³/mol. The van der Waals surface area contributed by atoms with Crippen molar-refractivity contribution in [2.24, 2.45) is 5.92 Å². The minimum Gasteiger partial charge on any atom is -0.489 e. The van der Waals surface area contributed by atoms with Gasteiger partial charge in [-0.15, -0.1) is 12.4 Å². The number of likely N-dealkylation sites (tertiary alicyclic amines) is 1. The Bertz CT molecular complexity index is 1120. The molecule has 7 nitrogen and oxygen atoms in total. The average molecular weight is 559 g/mol. The average Bonchev–Trinajstić information content (AvgIpc) is 3.12. The van der Waals surface area contributed by atoms with E-state index in [2.05, 4.69) is 0 Å². The van der Waals surface area contributed by atoms with Crippen LogP contribution in [0, 0.1) is 17.6 Å². The Morgan fingerprint density at radius 3 is 2.35 bits per heavy atom. The van der Waals surface area contributed by atoms with E-state index in [1.54, 1.807) is 12.1 Å². The van der Waals surface area contributed by atoms with Gasteiger partial charge in [-0.1, -0.05) is 37.6 Å². The monoisotopic (exact) mass is 558 g/mol. The van der Waals surface area contributed by atoms with Gasteiger partial charge >= 0.3 is 5.97 Å². The molecule has 11 heteroatoms. The molecule has 3 rings (SSSR count). The zero-order valence-corrected chi connectivity index (χ0v) is 22.2. The minimum absolute atomic E-state index is 0. The van der Waals surface area contributed by atoms with E-state index >= 15 is 0 Å². The van der Waals surface area contributed by atoms with Gasteiger partial charge in [0.1, 0.15) is 12.4 Å².